The zero-order valence-electron chi connectivity index (χ0n) is 8.20. The zero-order valence-corrected chi connectivity index (χ0v) is 8.20. The van der Waals surface area contributed by atoms with Crippen LogP contribution in [-0.4, -0.2) is 10.9 Å². The highest BCUT2D eigenvalue weighted by Gasteiger charge is 2.02. The largest absolute Gasteiger partial charge is 0.322 e. The highest BCUT2D eigenvalue weighted by molar-refractivity contribution is 5.91. The summed E-state index contributed by atoms with van der Waals surface area (Å²) in [5.41, 5.74) is 0.752. The molecule has 0 fully saturated rings. The first kappa shape index (κ1) is 9.45. The lowest BCUT2D eigenvalue weighted by Gasteiger charge is -2.02. The summed E-state index contributed by atoms with van der Waals surface area (Å²) in [7, 11) is 0. The van der Waals surface area contributed by atoms with Crippen molar-refractivity contribution in [2.45, 2.75) is 6.92 Å². The van der Waals surface area contributed by atoms with Gasteiger partial charge >= 0.3 is 0 Å². The van der Waals surface area contributed by atoms with Crippen molar-refractivity contribution in [2.24, 2.45) is 0 Å². The molecule has 0 saturated heterocycles. The highest BCUT2D eigenvalue weighted by atomic mass is 16.2. The minimum atomic E-state index is -0.288. The monoisotopic (exact) mass is 202 g/mol. The number of fused-ring (bicyclic) bond motifs is 1. The van der Waals surface area contributed by atoms with Crippen LogP contribution in [0, 0.1) is 0 Å². The van der Waals surface area contributed by atoms with Crippen LogP contribution in [0.15, 0.2) is 35.1 Å². The van der Waals surface area contributed by atoms with Gasteiger partial charge in [-0.15, -0.1) is 0 Å². The lowest BCUT2D eigenvalue weighted by Crippen LogP contribution is -2.17. The first-order chi connectivity index (χ1) is 7.16. The number of para-hydroxylation sites is 1. The summed E-state index contributed by atoms with van der Waals surface area (Å²) in [4.78, 5) is 25.0. The number of anilines is 1. The molecule has 0 spiro atoms. The normalized spacial score (nSPS) is 10.2. The number of pyridine rings is 1. The summed E-state index contributed by atoms with van der Waals surface area (Å²) in [5, 5.41) is 3.37. The van der Waals surface area contributed by atoms with Crippen molar-refractivity contribution < 1.29 is 4.79 Å². The van der Waals surface area contributed by atoms with E-state index in [2.05, 4.69) is 10.3 Å². The van der Waals surface area contributed by atoms with E-state index in [0.29, 0.717) is 0 Å². The van der Waals surface area contributed by atoms with Crippen LogP contribution in [0.25, 0.3) is 10.9 Å². The molecule has 15 heavy (non-hydrogen) atoms. The summed E-state index contributed by atoms with van der Waals surface area (Å²) in [6.07, 6.45) is 0. The Morgan fingerprint density at radius 2 is 2.07 bits per heavy atom. The fourth-order valence-electron chi connectivity index (χ4n) is 1.43. The fourth-order valence-corrected chi connectivity index (χ4v) is 1.43. The Morgan fingerprint density at radius 3 is 2.80 bits per heavy atom. The first-order valence-electron chi connectivity index (χ1n) is 4.56. The first-order valence-corrected chi connectivity index (χ1v) is 4.56. The molecular formula is C11H10N2O2. The number of nitrogens with one attached hydrogen (secondary N) is 2. The van der Waals surface area contributed by atoms with Crippen LogP contribution in [0.4, 0.5) is 5.69 Å². The van der Waals surface area contributed by atoms with Gasteiger partial charge in [-0.05, 0) is 12.1 Å². The van der Waals surface area contributed by atoms with Gasteiger partial charge in [0.25, 0.3) is 5.56 Å². The Balaban J connectivity index is 2.62. The van der Waals surface area contributed by atoms with E-state index in [-0.39, 0.29) is 17.2 Å². The zero-order chi connectivity index (χ0) is 10.8. The van der Waals surface area contributed by atoms with Crippen molar-refractivity contribution in [3.8, 4) is 0 Å². The summed E-state index contributed by atoms with van der Waals surface area (Å²) < 4.78 is 0. The molecular weight excluding hydrogens is 192 g/mol. The Morgan fingerprint density at radius 1 is 1.33 bits per heavy atom. The lowest BCUT2D eigenvalue weighted by molar-refractivity contribution is -0.114. The quantitative estimate of drug-likeness (QED) is 0.735. The molecule has 0 unspecified atom stereocenters. The number of aromatic amines is 1. The van der Waals surface area contributed by atoms with Gasteiger partial charge in [0, 0.05) is 17.8 Å². The van der Waals surface area contributed by atoms with Crippen LogP contribution in [0.2, 0.25) is 0 Å². The van der Waals surface area contributed by atoms with E-state index in [0.717, 1.165) is 10.9 Å². The summed E-state index contributed by atoms with van der Waals surface area (Å²) in [6, 6.07) is 9.06. The molecule has 0 aliphatic carbocycles. The standard InChI is InChI=1S/C11H10N2O2/c1-7(14)12-10-6-8-4-2-3-5-9(8)13-11(10)15/h2-6H,1H3,(H,12,14)(H,13,15). The van der Waals surface area contributed by atoms with Gasteiger partial charge in [0.1, 0.15) is 5.69 Å². The van der Waals surface area contributed by atoms with Gasteiger partial charge in [-0.2, -0.15) is 0 Å². The average Bonchev–Trinajstić information content (AvgIpc) is 2.18. The predicted octanol–water partition coefficient (Wildman–Crippen LogP) is 1.49. The molecule has 2 N–H and O–H groups in total. The molecule has 0 aliphatic heterocycles. The van der Waals surface area contributed by atoms with E-state index in [9.17, 15) is 9.59 Å². The number of benzene rings is 1. The van der Waals surface area contributed by atoms with E-state index >= 15 is 0 Å². The van der Waals surface area contributed by atoms with E-state index < -0.39 is 0 Å². The van der Waals surface area contributed by atoms with E-state index in [4.69, 9.17) is 0 Å². The molecule has 0 saturated carbocycles. The van der Waals surface area contributed by atoms with Crippen molar-refractivity contribution in [3.63, 3.8) is 0 Å². The molecule has 1 heterocycles. The minimum Gasteiger partial charge on any atom is -0.322 e. The second kappa shape index (κ2) is 3.57. The predicted molar refractivity (Wildman–Crippen MR) is 58.9 cm³/mol. The van der Waals surface area contributed by atoms with E-state index in [1.807, 2.05) is 24.3 Å². The van der Waals surface area contributed by atoms with Crippen LogP contribution in [0.5, 0.6) is 0 Å². The number of carbonyl (C=O) groups excluding carboxylic acids is 1. The van der Waals surface area contributed by atoms with E-state index in [1.54, 1.807) is 6.07 Å². The maximum absolute atomic E-state index is 11.5. The van der Waals surface area contributed by atoms with Crippen molar-refractivity contribution in [1.82, 2.24) is 4.98 Å². The van der Waals surface area contributed by atoms with Crippen LogP contribution in [-0.2, 0) is 4.79 Å². The number of hydrogen-bond donors (Lipinski definition) is 2. The Kier molecular flexibility index (Phi) is 2.25. The van der Waals surface area contributed by atoms with Crippen molar-refractivity contribution >= 4 is 22.5 Å². The molecule has 1 amide bonds. The molecule has 76 valence electrons. The van der Waals surface area contributed by atoms with Crippen LogP contribution >= 0.6 is 0 Å². The molecule has 2 aromatic rings. The second-order valence-corrected chi connectivity index (χ2v) is 3.28. The number of aromatic nitrogens is 1. The maximum atomic E-state index is 11.5. The Bertz CT molecular complexity index is 572. The SMILES string of the molecule is CC(=O)Nc1cc2ccccc2[nH]c1=O. The molecule has 1 aromatic carbocycles. The lowest BCUT2D eigenvalue weighted by atomic mass is 10.2. The van der Waals surface area contributed by atoms with Crippen LogP contribution in [0.1, 0.15) is 6.92 Å². The van der Waals surface area contributed by atoms with Crippen molar-refractivity contribution in [1.29, 1.82) is 0 Å². The van der Waals surface area contributed by atoms with Gasteiger partial charge in [-0.1, -0.05) is 18.2 Å². The van der Waals surface area contributed by atoms with E-state index in [1.165, 1.54) is 6.92 Å². The maximum Gasteiger partial charge on any atom is 0.272 e. The molecule has 4 heteroatoms. The topological polar surface area (TPSA) is 62.0 Å². The molecule has 0 bridgehead atoms. The van der Waals surface area contributed by atoms with Gasteiger partial charge < -0.3 is 10.3 Å². The smallest absolute Gasteiger partial charge is 0.272 e. The Labute approximate surface area is 85.9 Å². The number of H-pyrrole nitrogens is 1. The summed E-state index contributed by atoms with van der Waals surface area (Å²) >= 11 is 0. The third-order valence-corrected chi connectivity index (χ3v) is 2.06. The molecule has 2 rings (SSSR count). The third kappa shape index (κ3) is 1.88. The average molecular weight is 202 g/mol. The number of hydrogen-bond acceptors (Lipinski definition) is 2. The van der Waals surface area contributed by atoms with Crippen molar-refractivity contribution in [2.75, 3.05) is 5.32 Å². The van der Waals surface area contributed by atoms with Crippen molar-refractivity contribution in [3.05, 3.63) is 40.7 Å². The van der Waals surface area contributed by atoms with Gasteiger partial charge in [-0.3, -0.25) is 9.59 Å². The third-order valence-electron chi connectivity index (χ3n) is 2.06. The van der Waals surface area contributed by atoms with Crippen LogP contribution in [0.3, 0.4) is 0 Å². The van der Waals surface area contributed by atoms with Gasteiger partial charge in [0.2, 0.25) is 5.91 Å². The number of carbonyl (C=O) groups is 1. The molecule has 0 atom stereocenters. The molecule has 0 aliphatic rings. The summed E-state index contributed by atoms with van der Waals surface area (Å²) in [6.45, 7) is 1.37. The fraction of sp³-hybridized carbons (Fsp3) is 0.0909. The van der Waals surface area contributed by atoms with Gasteiger partial charge in [-0.25, -0.2) is 0 Å². The Hall–Kier alpha value is -2.10. The number of rotatable bonds is 1. The molecule has 4 nitrogen and oxygen atoms in total. The highest BCUT2D eigenvalue weighted by Crippen LogP contribution is 2.12. The minimum absolute atomic E-state index is 0.254. The second-order valence-electron chi connectivity index (χ2n) is 3.28. The van der Waals surface area contributed by atoms with Gasteiger partial charge in [0.15, 0.2) is 0 Å². The van der Waals surface area contributed by atoms with Crippen LogP contribution < -0.4 is 10.9 Å². The molecule has 0 radical (unpaired) electrons. The molecule has 1 aromatic heterocycles. The van der Waals surface area contributed by atoms with Gasteiger partial charge in [0.05, 0.1) is 0 Å². The summed E-state index contributed by atoms with van der Waals surface area (Å²) in [5.74, 6) is -0.254. The number of amides is 1.